The number of benzene rings is 2. The summed E-state index contributed by atoms with van der Waals surface area (Å²) in [5.74, 6) is -1.05. The minimum Gasteiger partial charge on any atom is -0.387 e. The number of aliphatic hydroxyl groups excluding tert-OH is 1. The van der Waals surface area contributed by atoms with Crippen molar-refractivity contribution >= 4 is 5.91 Å². The Kier molecular flexibility index (Phi) is 5.60. The highest BCUT2D eigenvalue weighted by molar-refractivity contribution is 5.95. The minimum absolute atomic E-state index is 0.0856. The minimum atomic E-state index is -4.72. The molecular formula is C17H13F6NO2. The quantitative estimate of drug-likeness (QED) is 0.786. The molecule has 0 aliphatic rings. The van der Waals surface area contributed by atoms with E-state index >= 15 is 0 Å². The molecule has 0 spiro atoms. The van der Waals surface area contributed by atoms with Gasteiger partial charge in [0.25, 0.3) is 5.91 Å². The van der Waals surface area contributed by atoms with Crippen LogP contribution >= 0.6 is 0 Å². The highest BCUT2D eigenvalue weighted by atomic mass is 19.4. The molecule has 2 aromatic carbocycles. The first-order chi connectivity index (χ1) is 12.0. The molecule has 9 heteroatoms. The molecule has 0 saturated heterocycles. The summed E-state index contributed by atoms with van der Waals surface area (Å²) < 4.78 is 76.1. The maximum absolute atomic E-state index is 12.9. The Labute approximate surface area is 144 Å². The first-order valence-corrected chi connectivity index (χ1v) is 7.30. The molecular weight excluding hydrogens is 364 g/mol. The van der Waals surface area contributed by atoms with Crippen molar-refractivity contribution in [2.75, 3.05) is 6.54 Å². The van der Waals surface area contributed by atoms with Gasteiger partial charge in [0.05, 0.1) is 22.8 Å². The Morgan fingerprint density at radius 1 is 0.923 bits per heavy atom. The zero-order valence-electron chi connectivity index (χ0n) is 13.0. The molecule has 1 amide bonds. The van der Waals surface area contributed by atoms with Crippen LogP contribution in [0.1, 0.15) is 33.2 Å². The zero-order chi connectivity index (χ0) is 19.5. The lowest BCUT2D eigenvalue weighted by molar-refractivity contribution is -0.138. The highest BCUT2D eigenvalue weighted by Gasteiger charge is 2.35. The number of carbonyl (C=O) groups is 1. The Balaban J connectivity index is 2.06. The fourth-order valence-corrected chi connectivity index (χ4v) is 2.23. The van der Waals surface area contributed by atoms with Crippen molar-refractivity contribution in [1.29, 1.82) is 0 Å². The molecule has 2 aromatic rings. The maximum atomic E-state index is 12.9. The van der Waals surface area contributed by atoms with E-state index in [1.807, 2.05) is 0 Å². The van der Waals surface area contributed by atoms with Crippen molar-refractivity contribution in [3.63, 3.8) is 0 Å². The molecule has 1 atom stereocenters. The van der Waals surface area contributed by atoms with Gasteiger partial charge in [-0.15, -0.1) is 0 Å². The van der Waals surface area contributed by atoms with Crippen LogP contribution in [0.3, 0.4) is 0 Å². The smallest absolute Gasteiger partial charge is 0.387 e. The van der Waals surface area contributed by atoms with E-state index in [9.17, 15) is 36.2 Å². The van der Waals surface area contributed by atoms with E-state index in [-0.39, 0.29) is 5.56 Å². The number of aliphatic hydroxyl groups is 1. The van der Waals surface area contributed by atoms with Crippen LogP contribution < -0.4 is 5.32 Å². The number of nitrogens with one attached hydrogen (secondary N) is 1. The molecule has 3 nitrogen and oxygen atoms in total. The highest BCUT2D eigenvalue weighted by Crippen LogP contribution is 2.32. The standard InChI is InChI=1S/C17H13F6NO2/c18-16(19,20)11-7-5-10(6-8-11)14(25)9-24-15(26)12-3-1-2-4-13(12)17(21,22)23/h1-8,14,25H,9H2,(H,24,26). The second-order valence-electron chi connectivity index (χ2n) is 5.39. The van der Waals surface area contributed by atoms with Gasteiger partial charge >= 0.3 is 12.4 Å². The molecule has 0 bridgehead atoms. The van der Waals surface area contributed by atoms with Crippen molar-refractivity contribution in [3.8, 4) is 0 Å². The first kappa shape index (κ1) is 19.8. The number of hydrogen-bond donors (Lipinski definition) is 2. The van der Waals surface area contributed by atoms with Crippen molar-refractivity contribution in [2.45, 2.75) is 18.5 Å². The maximum Gasteiger partial charge on any atom is 0.417 e. The summed E-state index contributed by atoms with van der Waals surface area (Å²) in [5.41, 5.74) is -2.56. The first-order valence-electron chi connectivity index (χ1n) is 7.30. The summed E-state index contributed by atoms with van der Waals surface area (Å²) in [6.45, 7) is -0.462. The van der Waals surface area contributed by atoms with Crippen molar-refractivity contribution in [1.82, 2.24) is 5.32 Å². The van der Waals surface area contributed by atoms with E-state index in [1.54, 1.807) is 0 Å². The monoisotopic (exact) mass is 377 g/mol. The predicted molar refractivity (Wildman–Crippen MR) is 80.2 cm³/mol. The molecule has 1 unspecified atom stereocenters. The van der Waals surface area contributed by atoms with E-state index in [1.165, 1.54) is 6.07 Å². The number of carbonyl (C=O) groups excluding carboxylic acids is 1. The Morgan fingerprint density at radius 2 is 1.50 bits per heavy atom. The normalized spacial score (nSPS) is 13.3. The van der Waals surface area contributed by atoms with Crippen LogP contribution in [0.2, 0.25) is 0 Å². The summed E-state index contributed by atoms with van der Waals surface area (Å²) in [7, 11) is 0. The number of rotatable bonds is 4. The van der Waals surface area contributed by atoms with Gasteiger partial charge in [0, 0.05) is 6.54 Å². The number of halogens is 6. The number of amides is 1. The third-order valence-electron chi connectivity index (χ3n) is 3.56. The molecule has 2 N–H and O–H groups in total. The lowest BCUT2D eigenvalue weighted by Gasteiger charge is -2.15. The molecule has 140 valence electrons. The second-order valence-corrected chi connectivity index (χ2v) is 5.39. The average Bonchev–Trinajstić information content (AvgIpc) is 2.58. The molecule has 0 heterocycles. The van der Waals surface area contributed by atoms with Crippen LogP contribution in [-0.2, 0) is 12.4 Å². The fourth-order valence-electron chi connectivity index (χ4n) is 2.23. The molecule has 0 aromatic heterocycles. The largest absolute Gasteiger partial charge is 0.417 e. The van der Waals surface area contributed by atoms with E-state index in [0.29, 0.717) is 0 Å². The lowest BCUT2D eigenvalue weighted by Crippen LogP contribution is -2.30. The molecule has 0 radical (unpaired) electrons. The number of hydrogen-bond acceptors (Lipinski definition) is 2. The number of alkyl halides is 6. The molecule has 26 heavy (non-hydrogen) atoms. The van der Waals surface area contributed by atoms with E-state index < -0.39 is 47.6 Å². The summed E-state index contributed by atoms with van der Waals surface area (Å²) in [6, 6.07) is 7.72. The van der Waals surface area contributed by atoms with Crippen LogP contribution in [0.5, 0.6) is 0 Å². The van der Waals surface area contributed by atoms with Gasteiger partial charge in [-0.2, -0.15) is 26.3 Å². The van der Waals surface area contributed by atoms with E-state index in [4.69, 9.17) is 0 Å². The van der Waals surface area contributed by atoms with Crippen molar-refractivity contribution in [3.05, 3.63) is 70.8 Å². The van der Waals surface area contributed by atoms with Gasteiger partial charge in [0.2, 0.25) is 0 Å². The van der Waals surface area contributed by atoms with Gasteiger partial charge in [0.1, 0.15) is 0 Å². The summed E-state index contributed by atoms with van der Waals surface area (Å²) in [4.78, 5) is 12.0. The summed E-state index contributed by atoms with van der Waals surface area (Å²) in [5, 5.41) is 12.1. The molecule has 0 aliphatic heterocycles. The SMILES string of the molecule is O=C(NCC(O)c1ccc(C(F)(F)F)cc1)c1ccccc1C(F)(F)F. The van der Waals surface area contributed by atoms with Crippen molar-refractivity contribution in [2.24, 2.45) is 0 Å². The molecule has 0 aliphatic carbocycles. The predicted octanol–water partition coefficient (Wildman–Crippen LogP) is 4.19. The molecule has 0 saturated carbocycles. The third-order valence-corrected chi connectivity index (χ3v) is 3.56. The second kappa shape index (κ2) is 7.36. The topological polar surface area (TPSA) is 49.3 Å². The van der Waals surface area contributed by atoms with Crippen molar-refractivity contribution < 1.29 is 36.2 Å². The Bertz CT molecular complexity index is 768. The summed E-state index contributed by atoms with van der Waals surface area (Å²) in [6.07, 6.45) is -10.6. The third kappa shape index (κ3) is 4.75. The van der Waals surface area contributed by atoms with Gasteiger partial charge in [-0.25, -0.2) is 0 Å². The Morgan fingerprint density at radius 3 is 2.04 bits per heavy atom. The average molecular weight is 377 g/mol. The fraction of sp³-hybridized carbons (Fsp3) is 0.235. The lowest BCUT2D eigenvalue weighted by atomic mass is 10.0. The van der Waals surface area contributed by atoms with Crippen LogP contribution in [0.15, 0.2) is 48.5 Å². The van der Waals surface area contributed by atoms with Crippen LogP contribution in [-0.4, -0.2) is 17.6 Å². The van der Waals surface area contributed by atoms with Gasteiger partial charge in [-0.1, -0.05) is 24.3 Å². The Hall–Kier alpha value is -2.55. The van der Waals surface area contributed by atoms with Gasteiger partial charge in [-0.05, 0) is 29.8 Å². The van der Waals surface area contributed by atoms with Crippen LogP contribution in [0.4, 0.5) is 26.3 Å². The summed E-state index contributed by atoms with van der Waals surface area (Å²) >= 11 is 0. The van der Waals surface area contributed by atoms with Crippen LogP contribution in [0.25, 0.3) is 0 Å². The zero-order valence-corrected chi connectivity index (χ0v) is 13.0. The van der Waals surface area contributed by atoms with E-state index in [2.05, 4.69) is 5.32 Å². The van der Waals surface area contributed by atoms with Gasteiger partial charge < -0.3 is 10.4 Å². The van der Waals surface area contributed by atoms with Crippen LogP contribution in [0, 0.1) is 0 Å². The molecule has 0 fully saturated rings. The van der Waals surface area contributed by atoms with Gasteiger partial charge in [0.15, 0.2) is 0 Å². The van der Waals surface area contributed by atoms with Gasteiger partial charge in [-0.3, -0.25) is 4.79 Å². The molecule has 2 rings (SSSR count). The van der Waals surface area contributed by atoms with E-state index in [0.717, 1.165) is 42.5 Å².